The summed E-state index contributed by atoms with van der Waals surface area (Å²) < 4.78 is 6.87. The summed E-state index contributed by atoms with van der Waals surface area (Å²) in [5.41, 5.74) is 1.09. The molecule has 1 aliphatic rings. The molecule has 1 aliphatic heterocycles. The van der Waals surface area contributed by atoms with Crippen LogP contribution in [0.25, 0.3) is 0 Å². The highest BCUT2D eigenvalue weighted by molar-refractivity contribution is 5.79. The van der Waals surface area contributed by atoms with E-state index in [9.17, 15) is 4.79 Å². The van der Waals surface area contributed by atoms with E-state index in [1.165, 1.54) is 6.42 Å². The van der Waals surface area contributed by atoms with Crippen LogP contribution in [0.1, 0.15) is 37.5 Å². The molecule has 2 atom stereocenters. The zero-order valence-electron chi connectivity index (χ0n) is 11.6. The van der Waals surface area contributed by atoms with Gasteiger partial charge in [0.15, 0.2) is 0 Å². The fraction of sp³-hybridized carbons (Fsp3) is 0.692. The molecular weight excluding hydrogens is 244 g/mol. The molecule has 2 unspecified atom stereocenters. The van der Waals surface area contributed by atoms with E-state index in [0.29, 0.717) is 19.2 Å². The molecule has 0 aliphatic carbocycles. The molecule has 0 aromatic carbocycles. The number of imidazole rings is 1. The summed E-state index contributed by atoms with van der Waals surface area (Å²) in [7, 11) is 1.62. The van der Waals surface area contributed by atoms with Gasteiger partial charge in [0.25, 0.3) is 0 Å². The molecule has 19 heavy (non-hydrogen) atoms. The SMILES string of the molecule is COCCNC(=O)C(C)n1cncc1C1CCCN1. The molecule has 0 saturated carbocycles. The third-order valence-corrected chi connectivity index (χ3v) is 3.52. The van der Waals surface area contributed by atoms with Crippen molar-refractivity contribution in [3.63, 3.8) is 0 Å². The van der Waals surface area contributed by atoms with Crippen molar-refractivity contribution in [1.82, 2.24) is 20.2 Å². The lowest BCUT2D eigenvalue weighted by Crippen LogP contribution is -2.34. The summed E-state index contributed by atoms with van der Waals surface area (Å²) in [5.74, 6) is -0.00528. The Morgan fingerprint density at radius 2 is 2.58 bits per heavy atom. The van der Waals surface area contributed by atoms with Gasteiger partial charge in [0, 0.05) is 25.9 Å². The summed E-state index contributed by atoms with van der Waals surface area (Å²) in [6, 6.07) is 0.0634. The van der Waals surface area contributed by atoms with Crippen LogP contribution in [-0.4, -0.2) is 42.3 Å². The number of aromatic nitrogens is 2. The van der Waals surface area contributed by atoms with Crippen LogP contribution in [0, 0.1) is 0 Å². The number of carbonyl (C=O) groups is 1. The Bertz CT molecular complexity index is 413. The van der Waals surface area contributed by atoms with E-state index in [4.69, 9.17) is 4.74 Å². The van der Waals surface area contributed by atoms with E-state index < -0.39 is 0 Å². The summed E-state index contributed by atoms with van der Waals surface area (Å²) in [6.07, 6.45) is 5.85. The molecule has 0 bridgehead atoms. The Labute approximate surface area is 113 Å². The van der Waals surface area contributed by atoms with E-state index in [1.807, 2.05) is 17.7 Å². The monoisotopic (exact) mass is 266 g/mol. The standard InChI is InChI=1S/C13H22N4O2/c1-10(13(18)16-6-7-19-2)17-9-14-8-12(17)11-4-3-5-15-11/h8-11,15H,3-7H2,1-2H3,(H,16,18). The molecule has 1 aromatic rings. The summed E-state index contributed by atoms with van der Waals surface area (Å²) >= 11 is 0. The van der Waals surface area contributed by atoms with Crippen molar-refractivity contribution in [2.24, 2.45) is 0 Å². The van der Waals surface area contributed by atoms with Crippen LogP contribution >= 0.6 is 0 Å². The molecule has 2 heterocycles. The van der Waals surface area contributed by atoms with Crippen molar-refractivity contribution in [3.05, 3.63) is 18.2 Å². The molecule has 106 valence electrons. The molecule has 0 spiro atoms. The highest BCUT2D eigenvalue weighted by Crippen LogP contribution is 2.24. The van der Waals surface area contributed by atoms with Gasteiger partial charge in [0.2, 0.25) is 5.91 Å². The largest absolute Gasteiger partial charge is 0.383 e. The second kappa shape index (κ2) is 6.68. The minimum atomic E-state index is -0.253. The van der Waals surface area contributed by atoms with E-state index in [1.54, 1.807) is 13.4 Å². The van der Waals surface area contributed by atoms with E-state index in [0.717, 1.165) is 18.7 Å². The van der Waals surface area contributed by atoms with Crippen molar-refractivity contribution < 1.29 is 9.53 Å². The lowest BCUT2D eigenvalue weighted by atomic mass is 10.1. The second-order valence-corrected chi connectivity index (χ2v) is 4.83. The third-order valence-electron chi connectivity index (χ3n) is 3.52. The molecule has 0 radical (unpaired) electrons. The number of carbonyl (C=O) groups excluding carboxylic acids is 1. The Hall–Kier alpha value is -1.40. The smallest absolute Gasteiger partial charge is 0.242 e. The molecule has 2 N–H and O–H groups in total. The van der Waals surface area contributed by atoms with Crippen molar-refractivity contribution >= 4 is 5.91 Å². The van der Waals surface area contributed by atoms with Crippen LogP contribution in [-0.2, 0) is 9.53 Å². The molecule has 6 nitrogen and oxygen atoms in total. The number of hydrogen-bond acceptors (Lipinski definition) is 4. The van der Waals surface area contributed by atoms with Gasteiger partial charge in [-0.3, -0.25) is 4.79 Å². The number of hydrogen-bond donors (Lipinski definition) is 2. The van der Waals surface area contributed by atoms with Crippen LogP contribution in [0.4, 0.5) is 0 Å². The van der Waals surface area contributed by atoms with Crippen molar-refractivity contribution in [1.29, 1.82) is 0 Å². The normalized spacial score (nSPS) is 20.4. The number of rotatable bonds is 6. The molecule has 1 fully saturated rings. The zero-order valence-corrected chi connectivity index (χ0v) is 11.6. The number of nitrogens with one attached hydrogen (secondary N) is 2. The maximum Gasteiger partial charge on any atom is 0.242 e. The van der Waals surface area contributed by atoms with Crippen LogP contribution < -0.4 is 10.6 Å². The fourth-order valence-electron chi connectivity index (χ4n) is 2.40. The number of amides is 1. The Balaban J connectivity index is 2.00. The lowest BCUT2D eigenvalue weighted by Gasteiger charge is -2.19. The first kappa shape index (κ1) is 14.0. The van der Waals surface area contributed by atoms with Crippen LogP contribution in [0.3, 0.4) is 0 Å². The van der Waals surface area contributed by atoms with Gasteiger partial charge in [0.05, 0.1) is 18.6 Å². The van der Waals surface area contributed by atoms with E-state index >= 15 is 0 Å². The van der Waals surface area contributed by atoms with Gasteiger partial charge in [-0.25, -0.2) is 4.98 Å². The highest BCUT2D eigenvalue weighted by atomic mass is 16.5. The maximum absolute atomic E-state index is 12.0. The van der Waals surface area contributed by atoms with Crippen LogP contribution in [0.2, 0.25) is 0 Å². The molecule has 6 heteroatoms. The topological polar surface area (TPSA) is 68.2 Å². The highest BCUT2D eigenvalue weighted by Gasteiger charge is 2.24. The average molecular weight is 266 g/mol. The predicted molar refractivity (Wildman–Crippen MR) is 71.8 cm³/mol. The molecule has 1 saturated heterocycles. The number of ether oxygens (including phenoxy) is 1. The van der Waals surface area contributed by atoms with Gasteiger partial charge < -0.3 is 19.9 Å². The van der Waals surface area contributed by atoms with Crippen LogP contribution in [0.5, 0.6) is 0 Å². The lowest BCUT2D eigenvalue weighted by molar-refractivity contribution is -0.124. The van der Waals surface area contributed by atoms with Gasteiger partial charge in [0.1, 0.15) is 6.04 Å². The summed E-state index contributed by atoms with van der Waals surface area (Å²) in [4.78, 5) is 16.2. The van der Waals surface area contributed by atoms with Gasteiger partial charge >= 0.3 is 0 Å². The van der Waals surface area contributed by atoms with Gasteiger partial charge in [-0.2, -0.15) is 0 Å². The zero-order chi connectivity index (χ0) is 13.7. The first-order valence-electron chi connectivity index (χ1n) is 6.75. The number of nitrogens with zero attached hydrogens (tertiary/aromatic N) is 2. The Morgan fingerprint density at radius 1 is 1.74 bits per heavy atom. The van der Waals surface area contributed by atoms with Crippen molar-refractivity contribution in [3.8, 4) is 0 Å². The van der Waals surface area contributed by atoms with Crippen molar-refractivity contribution in [2.45, 2.75) is 31.8 Å². The fourth-order valence-corrected chi connectivity index (χ4v) is 2.40. The van der Waals surface area contributed by atoms with E-state index in [2.05, 4.69) is 15.6 Å². The first-order chi connectivity index (χ1) is 9.24. The molecular formula is C13H22N4O2. The minimum absolute atomic E-state index is 0.00528. The first-order valence-corrected chi connectivity index (χ1v) is 6.75. The van der Waals surface area contributed by atoms with Gasteiger partial charge in [-0.15, -0.1) is 0 Å². The average Bonchev–Trinajstić information content (AvgIpc) is 3.08. The van der Waals surface area contributed by atoms with Gasteiger partial charge in [-0.05, 0) is 26.3 Å². The maximum atomic E-state index is 12.0. The Kier molecular flexibility index (Phi) is 4.93. The van der Waals surface area contributed by atoms with Crippen molar-refractivity contribution in [2.75, 3.05) is 26.8 Å². The van der Waals surface area contributed by atoms with E-state index in [-0.39, 0.29) is 11.9 Å². The minimum Gasteiger partial charge on any atom is -0.383 e. The molecule has 2 rings (SSSR count). The molecule has 1 aromatic heterocycles. The number of methoxy groups -OCH3 is 1. The van der Waals surface area contributed by atoms with Crippen LogP contribution in [0.15, 0.2) is 12.5 Å². The van der Waals surface area contributed by atoms with Gasteiger partial charge in [-0.1, -0.05) is 0 Å². The predicted octanol–water partition coefficient (Wildman–Crippen LogP) is 0.631. The second-order valence-electron chi connectivity index (χ2n) is 4.83. The quantitative estimate of drug-likeness (QED) is 0.741. The third kappa shape index (κ3) is 3.33. The Morgan fingerprint density at radius 3 is 3.26 bits per heavy atom. The summed E-state index contributed by atoms with van der Waals surface area (Å²) in [6.45, 7) is 3.98. The molecule has 1 amide bonds. The summed E-state index contributed by atoms with van der Waals surface area (Å²) in [5, 5.41) is 6.29.